The highest BCUT2D eigenvalue weighted by Gasteiger charge is 2.29. The molecule has 0 aromatic heterocycles. The molecule has 0 spiro atoms. The van der Waals surface area contributed by atoms with E-state index in [0.29, 0.717) is 6.61 Å². The Morgan fingerprint density at radius 1 is 1.11 bits per heavy atom. The van der Waals surface area contributed by atoms with E-state index in [0.717, 1.165) is 48.2 Å². The number of piperidine rings is 1. The van der Waals surface area contributed by atoms with Crippen molar-refractivity contribution in [1.82, 2.24) is 10.2 Å². The molecule has 9 heteroatoms. The Balaban J connectivity index is 0.000000229. The number of amides is 1. The largest absolute Gasteiger partial charge is 0.485 e. The van der Waals surface area contributed by atoms with E-state index < -0.39 is 22.3 Å². The van der Waals surface area contributed by atoms with Crippen molar-refractivity contribution in [2.24, 2.45) is 0 Å². The highest BCUT2D eigenvalue weighted by molar-refractivity contribution is 7.71. The van der Waals surface area contributed by atoms with Gasteiger partial charge in [0.25, 0.3) is 0 Å². The van der Waals surface area contributed by atoms with E-state index in [-0.39, 0.29) is 18.6 Å². The van der Waals surface area contributed by atoms with Crippen molar-refractivity contribution in [3.8, 4) is 11.5 Å². The zero-order valence-electron chi connectivity index (χ0n) is 20.9. The fourth-order valence-corrected chi connectivity index (χ4v) is 5.83. The molecule has 5 heterocycles. The number of benzene rings is 2. The smallest absolute Gasteiger partial charge is 0.249 e. The molecule has 198 valence electrons. The summed E-state index contributed by atoms with van der Waals surface area (Å²) < 4.78 is 31.9. The number of nitrogens with zero attached hydrogens (tertiary/aromatic N) is 1. The lowest BCUT2D eigenvalue weighted by molar-refractivity contribution is -0.129. The van der Waals surface area contributed by atoms with Crippen molar-refractivity contribution in [2.45, 2.75) is 69.7 Å². The lowest BCUT2D eigenvalue weighted by atomic mass is 9.86. The number of carbonyl (C=O) groups is 1. The van der Waals surface area contributed by atoms with Crippen LogP contribution in [-0.2, 0) is 28.1 Å². The third-order valence-electron chi connectivity index (χ3n) is 7.45. The van der Waals surface area contributed by atoms with E-state index in [4.69, 9.17) is 9.47 Å². The average molecular weight is 527 g/mol. The molecule has 2 aromatic carbocycles. The van der Waals surface area contributed by atoms with Gasteiger partial charge in [-0.05, 0) is 79.6 Å². The zero-order valence-corrected chi connectivity index (χ0v) is 21.7. The summed E-state index contributed by atoms with van der Waals surface area (Å²) in [6.07, 6.45) is 5.33. The molecule has 37 heavy (non-hydrogen) atoms. The first kappa shape index (κ1) is 25.8. The quantitative estimate of drug-likeness (QED) is 0.558. The molecule has 1 fully saturated rings. The maximum Gasteiger partial charge on any atom is 0.249 e. The molecule has 5 aliphatic heterocycles. The number of hydrogen-bond acceptors (Lipinski definition) is 7. The number of carbonyl (C=O) groups excluding carboxylic acids is 1. The van der Waals surface area contributed by atoms with Crippen molar-refractivity contribution in [1.29, 1.82) is 0 Å². The molecular formula is C28H34N2O6S. The van der Waals surface area contributed by atoms with E-state index in [1.165, 1.54) is 49.0 Å². The van der Waals surface area contributed by atoms with Crippen LogP contribution in [0.5, 0.6) is 11.5 Å². The molecule has 8 nitrogen and oxygen atoms in total. The monoisotopic (exact) mass is 526 g/mol. The Morgan fingerprint density at radius 3 is 2.62 bits per heavy atom. The van der Waals surface area contributed by atoms with Crippen LogP contribution in [-0.4, -0.2) is 55.5 Å². The fourth-order valence-electron chi connectivity index (χ4n) is 5.49. The van der Waals surface area contributed by atoms with Crippen molar-refractivity contribution in [2.75, 3.05) is 19.7 Å². The van der Waals surface area contributed by atoms with Gasteiger partial charge in [0.2, 0.25) is 16.2 Å². The summed E-state index contributed by atoms with van der Waals surface area (Å²) in [5, 5.41) is 13.6. The number of ether oxygens (including phenoxy) is 2. The maximum absolute atomic E-state index is 12.2. The van der Waals surface area contributed by atoms with Crippen LogP contribution in [0.1, 0.15) is 72.9 Å². The molecule has 1 aliphatic carbocycles. The molecule has 0 radical (unpaired) electrons. The van der Waals surface area contributed by atoms with Crippen LogP contribution in [0.2, 0.25) is 0 Å². The van der Waals surface area contributed by atoms with Gasteiger partial charge in [-0.1, -0.05) is 30.7 Å². The zero-order chi connectivity index (χ0) is 25.8. The molecule has 1 amide bonds. The summed E-state index contributed by atoms with van der Waals surface area (Å²) in [4.78, 5) is 14.7. The van der Waals surface area contributed by atoms with Crippen LogP contribution in [0.15, 0.2) is 36.4 Å². The van der Waals surface area contributed by atoms with Gasteiger partial charge in [-0.2, -0.15) is 8.42 Å². The molecular weight excluding hydrogens is 492 g/mol. The second-order valence-corrected chi connectivity index (χ2v) is 11.0. The van der Waals surface area contributed by atoms with Gasteiger partial charge >= 0.3 is 0 Å². The van der Waals surface area contributed by atoms with Crippen LogP contribution in [0, 0.1) is 0 Å². The standard InChI is InChI=1S/C20H28N2O4S.C8H6O2/c23-19(9-12-27(25)26)20(24)21-18-6-4-5-16-13-15(7-8-17(16)18)14-22-10-2-1-3-11-22;1-2-6-7-3-5(1)8(10-6)4-9-7/h7-8,12-13,18-19,23H,1-6,9-11,14H2,(H,21,24);1-3,8H,4H2/t18-,19?;/m1./s1. The Hall–Kier alpha value is -2.88. The van der Waals surface area contributed by atoms with Gasteiger partial charge in [0, 0.05) is 18.3 Å². The average Bonchev–Trinajstić information content (AvgIpc) is 2.93. The number of rotatable bonds is 6. The highest BCUT2D eigenvalue weighted by Crippen LogP contribution is 2.43. The summed E-state index contributed by atoms with van der Waals surface area (Å²) in [6, 6.07) is 12.5. The first-order valence-corrected chi connectivity index (χ1v) is 14.3. The summed E-state index contributed by atoms with van der Waals surface area (Å²) in [7, 11) is -2.37. The number of fused-ring (bicyclic) bond motifs is 3. The molecule has 3 atom stereocenters. The second-order valence-electron chi connectivity index (χ2n) is 10.1. The maximum atomic E-state index is 12.2. The lowest BCUT2D eigenvalue weighted by Gasteiger charge is -2.32. The van der Waals surface area contributed by atoms with Crippen molar-refractivity contribution in [3.05, 3.63) is 58.7 Å². The molecule has 2 N–H and O–H groups in total. The van der Waals surface area contributed by atoms with E-state index in [9.17, 15) is 18.3 Å². The van der Waals surface area contributed by atoms with Gasteiger partial charge in [0.1, 0.15) is 12.7 Å². The normalized spacial score (nSPS) is 22.0. The Bertz CT molecular complexity index is 1260. The molecule has 1 saturated heterocycles. The number of aliphatic hydroxyl groups is 1. The minimum atomic E-state index is -2.37. The first-order valence-electron chi connectivity index (χ1n) is 13.1. The molecule has 2 aromatic rings. The summed E-state index contributed by atoms with van der Waals surface area (Å²) in [5.41, 5.74) is 4.94. The number of nitrogens with one attached hydrogen (secondary N) is 1. The summed E-state index contributed by atoms with van der Waals surface area (Å²) in [6.45, 7) is 4.00. The van der Waals surface area contributed by atoms with Crippen LogP contribution >= 0.6 is 0 Å². The van der Waals surface area contributed by atoms with Crippen molar-refractivity contribution < 1.29 is 27.8 Å². The van der Waals surface area contributed by atoms with Crippen LogP contribution in [0.4, 0.5) is 0 Å². The minimum Gasteiger partial charge on any atom is -0.485 e. The predicted molar refractivity (Wildman–Crippen MR) is 140 cm³/mol. The summed E-state index contributed by atoms with van der Waals surface area (Å²) in [5.74, 6) is 1.28. The van der Waals surface area contributed by atoms with Crippen LogP contribution in [0.25, 0.3) is 0 Å². The lowest BCUT2D eigenvalue weighted by Crippen LogP contribution is -2.38. The SMILES string of the molecule is O=C(N[C@@H]1CCCc2cc(CN3CCCCC3)ccc21)C(O)CC=S(=O)=O.c1cc2c3cc1C(CO3)O2. The van der Waals surface area contributed by atoms with Gasteiger partial charge in [-0.25, -0.2) is 0 Å². The topological polar surface area (TPSA) is 105 Å². The van der Waals surface area contributed by atoms with Gasteiger partial charge in [-0.15, -0.1) is 0 Å². The van der Waals surface area contributed by atoms with Crippen molar-refractivity contribution in [3.63, 3.8) is 0 Å². The van der Waals surface area contributed by atoms with Crippen LogP contribution < -0.4 is 14.8 Å². The van der Waals surface area contributed by atoms with Crippen molar-refractivity contribution >= 4 is 21.6 Å². The fraction of sp³-hybridized carbons (Fsp3) is 0.500. The van der Waals surface area contributed by atoms with Crippen LogP contribution in [0.3, 0.4) is 0 Å². The van der Waals surface area contributed by atoms with E-state index in [1.807, 2.05) is 12.1 Å². The molecule has 0 saturated carbocycles. The van der Waals surface area contributed by atoms with Gasteiger partial charge in [0.15, 0.2) is 17.6 Å². The molecule has 2 unspecified atom stereocenters. The predicted octanol–water partition coefficient (Wildman–Crippen LogP) is 3.11. The number of likely N-dealkylation sites (tertiary alicyclic amines) is 1. The van der Waals surface area contributed by atoms with Gasteiger partial charge in [0.05, 0.1) is 6.04 Å². The van der Waals surface area contributed by atoms with E-state index >= 15 is 0 Å². The van der Waals surface area contributed by atoms with E-state index in [1.54, 1.807) is 0 Å². The first-order chi connectivity index (χ1) is 18.0. The second kappa shape index (κ2) is 11.7. The number of hydrogen-bond donors (Lipinski definition) is 2. The Kier molecular flexibility index (Phi) is 8.12. The van der Waals surface area contributed by atoms with Gasteiger partial charge in [-0.3, -0.25) is 9.69 Å². The number of aliphatic hydroxyl groups excluding tert-OH is 1. The van der Waals surface area contributed by atoms with Gasteiger partial charge < -0.3 is 19.9 Å². The number of aryl methyl sites for hydroxylation is 1. The Morgan fingerprint density at radius 2 is 1.95 bits per heavy atom. The molecule has 4 bridgehead atoms. The summed E-state index contributed by atoms with van der Waals surface area (Å²) >= 11 is 0. The van der Waals surface area contributed by atoms with E-state index in [2.05, 4.69) is 34.5 Å². The third kappa shape index (κ3) is 6.34. The Labute approximate surface area is 219 Å². The highest BCUT2D eigenvalue weighted by atomic mass is 32.2. The minimum absolute atomic E-state index is 0.127. The molecule has 8 rings (SSSR count). The molecule has 6 aliphatic rings. The third-order valence-corrected chi connectivity index (χ3v) is 7.91.